The van der Waals surface area contributed by atoms with Gasteiger partial charge in [-0.05, 0) is 132 Å². The topological polar surface area (TPSA) is 109 Å². The van der Waals surface area contributed by atoms with E-state index < -0.39 is 25.2 Å². The van der Waals surface area contributed by atoms with Gasteiger partial charge in [0.15, 0.2) is 16.6 Å². The van der Waals surface area contributed by atoms with Crippen LogP contribution in [0.1, 0.15) is 109 Å². The Kier molecular flexibility index (Phi) is 9.96. The fourth-order valence-electron chi connectivity index (χ4n) is 10.6. The lowest BCUT2D eigenvalue weighted by atomic mass is 9.90. The van der Waals surface area contributed by atoms with Gasteiger partial charge in [-0.1, -0.05) is 60.9 Å². The molecule has 298 valence electrons. The lowest BCUT2D eigenvalue weighted by Crippen LogP contribution is -2.51. The highest BCUT2D eigenvalue weighted by molar-refractivity contribution is 6.87. The van der Waals surface area contributed by atoms with Gasteiger partial charge in [0.1, 0.15) is 0 Å². The molecule has 0 fully saturated rings. The van der Waals surface area contributed by atoms with Crippen molar-refractivity contribution in [3.05, 3.63) is 105 Å². The molecule has 4 bridgehead atoms. The molecular formula is C45H60N2O6Si3. The van der Waals surface area contributed by atoms with Crippen molar-refractivity contribution in [2.45, 2.75) is 134 Å². The van der Waals surface area contributed by atoms with Crippen LogP contribution in [0.15, 0.2) is 71.8 Å². The molecule has 4 aromatic rings. The number of nitrogens with zero attached hydrogens (tertiary/aromatic N) is 2. The average Bonchev–Trinajstić information content (AvgIpc) is 3.95. The van der Waals surface area contributed by atoms with E-state index >= 15 is 0 Å². The van der Waals surface area contributed by atoms with E-state index in [0.29, 0.717) is 6.42 Å². The Hall–Kier alpha value is -3.75. The first-order valence-corrected chi connectivity index (χ1v) is 30.1. The van der Waals surface area contributed by atoms with Gasteiger partial charge in [-0.15, -0.1) is 0 Å². The standard InChI is InChI=1S/C45H60N2O6Si3/c1-9-10-12-30-24-32-26-36(30)40-38(32)42(48)46(44(40)50)34-18-14-28(15-19-34)23-29-16-20-35(21-17-29)47-43(49)39-33-25-31(37(27-33)41(39)45(47)51)13-11-22-55(5,6)53-56(7,8)52-54(2,3)4/h14-21,24-25,32-33,36-37,48-51H,9-13,22-23,26-27H2,1-8H3. The lowest BCUT2D eigenvalue weighted by molar-refractivity contribution is 0.390. The van der Waals surface area contributed by atoms with Crippen LogP contribution in [-0.2, 0) is 14.7 Å². The molecule has 0 spiro atoms. The molecule has 8 nitrogen and oxygen atoms in total. The van der Waals surface area contributed by atoms with E-state index in [1.165, 1.54) is 11.1 Å². The molecule has 4 unspecified atom stereocenters. The van der Waals surface area contributed by atoms with Crippen LogP contribution in [-0.4, -0.2) is 54.8 Å². The van der Waals surface area contributed by atoms with Gasteiger partial charge in [-0.25, -0.2) is 0 Å². The van der Waals surface area contributed by atoms with Crippen molar-refractivity contribution in [2.24, 2.45) is 0 Å². The fraction of sp³-hybridized carbons (Fsp3) is 0.467. The summed E-state index contributed by atoms with van der Waals surface area (Å²) in [5.41, 5.74) is 10.0. The van der Waals surface area contributed by atoms with Gasteiger partial charge >= 0.3 is 8.56 Å². The van der Waals surface area contributed by atoms with Gasteiger partial charge < -0.3 is 28.7 Å². The predicted molar refractivity (Wildman–Crippen MR) is 231 cm³/mol. The largest absolute Gasteiger partial charge is 0.494 e. The molecule has 0 amide bonds. The Morgan fingerprint density at radius 2 is 1.02 bits per heavy atom. The second-order valence-electron chi connectivity index (χ2n) is 18.8. The molecule has 2 aromatic heterocycles. The zero-order valence-corrected chi connectivity index (χ0v) is 37.4. The minimum Gasteiger partial charge on any atom is -0.494 e. The van der Waals surface area contributed by atoms with E-state index in [-0.39, 0.29) is 47.2 Å². The highest BCUT2D eigenvalue weighted by atomic mass is 28.5. The Morgan fingerprint density at radius 1 is 0.589 bits per heavy atom. The van der Waals surface area contributed by atoms with Crippen LogP contribution in [0.2, 0.25) is 51.9 Å². The zero-order chi connectivity index (χ0) is 39.9. The first-order valence-electron chi connectivity index (χ1n) is 20.8. The molecular weight excluding hydrogens is 749 g/mol. The molecule has 0 saturated carbocycles. The van der Waals surface area contributed by atoms with Gasteiger partial charge in [0, 0.05) is 45.9 Å². The molecule has 4 N–H and O–H groups in total. The highest BCUT2D eigenvalue weighted by Crippen LogP contribution is 2.62. The summed E-state index contributed by atoms with van der Waals surface area (Å²) in [7, 11) is -5.76. The predicted octanol–water partition coefficient (Wildman–Crippen LogP) is 11.4. The molecule has 4 atom stereocenters. The molecule has 56 heavy (non-hydrogen) atoms. The van der Waals surface area contributed by atoms with Crippen molar-refractivity contribution in [3.8, 4) is 34.9 Å². The second-order valence-corrected chi connectivity index (χ2v) is 31.5. The molecule has 4 aliphatic carbocycles. The number of hydrogen-bond donors (Lipinski definition) is 4. The zero-order valence-electron chi connectivity index (χ0n) is 34.4. The first-order chi connectivity index (χ1) is 26.4. The third-order valence-electron chi connectivity index (χ3n) is 12.5. The Balaban J connectivity index is 0.910. The van der Waals surface area contributed by atoms with E-state index in [0.717, 1.165) is 95.7 Å². The SMILES string of the molecule is CCCCC1=CC2CC1c1c2c(O)n(-c2ccc(Cc3ccc(-n4c(O)c5c(c4O)C4CC5C=C4CCC[Si](C)(C)O[Si](C)(C)O[Si](C)(C)C)cc3)cc2)c1O. The maximum Gasteiger partial charge on any atom is 0.311 e. The summed E-state index contributed by atoms with van der Waals surface area (Å²) >= 11 is 0. The number of fused-ring (bicyclic) bond motifs is 10. The third-order valence-corrected chi connectivity index (χ3v) is 22.6. The number of rotatable bonds is 15. The van der Waals surface area contributed by atoms with Crippen LogP contribution >= 0.6 is 0 Å². The lowest BCUT2D eigenvalue weighted by Gasteiger charge is -2.37. The van der Waals surface area contributed by atoms with Crippen LogP contribution in [0.4, 0.5) is 0 Å². The van der Waals surface area contributed by atoms with Crippen LogP contribution in [0, 0.1) is 0 Å². The smallest absolute Gasteiger partial charge is 0.311 e. The minimum atomic E-state index is -2.18. The van der Waals surface area contributed by atoms with Crippen LogP contribution in [0.5, 0.6) is 23.5 Å². The van der Waals surface area contributed by atoms with E-state index in [4.69, 9.17) is 8.23 Å². The molecule has 8 rings (SSSR count). The van der Waals surface area contributed by atoms with Crippen LogP contribution in [0.25, 0.3) is 11.4 Å². The second kappa shape index (κ2) is 14.3. The van der Waals surface area contributed by atoms with Gasteiger partial charge in [0.2, 0.25) is 23.5 Å². The van der Waals surface area contributed by atoms with Crippen molar-refractivity contribution >= 4 is 25.2 Å². The van der Waals surface area contributed by atoms with Crippen molar-refractivity contribution in [3.63, 3.8) is 0 Å². The number of allylic oxidation sites excluding steroid dienone is 4. The van der Waals surface area contributed by atoms with Gasteiger partial charge in [-0.3, -0.25) is 9.13 Å². The summed E-state index contributed by atoms with van der Waals surface area (Å²) in [6.07, 6.45) is 12.6. The Labute approximate surface area is 335 Å². The molecule has 0 aliphatic heterocycles. The molecule has 0 saturated heterocycles. The molecule has 2 aromatic carbocycles. The molecule has 0 radical (unpaired) electrons. The van der Waals surface area contributed by atoms with Gasteiger partial charge in [0.05, 0.1) is 11.4 Å². The van der Waals surface area contributed by atoms with E-state index in [9.17, 15) is 20.4 Å². The number of benzene rings is 2. The van der Waals surface area contributed by atoms with Gasteiger partial charge in [0.25, 0.3) is 0 Å². The van der Waals surface area contributed by atoms with Gasteiger partial charge in [-0.2, -0.15) is 0 Å². The van der Waals surface area contributed by atoms with Crippen LogP contribution < -0.4 is 0 Å². The summed E-state index contributed by atoms with van der Waals surface area (Å²) in [6, 6.07) is 17.1. The van der Waals surface area contributed by atoms with Crippen LogP contribution in [0.3, 0.4) is 0 Å². The summed E-state index contributed by atoms with van der Waals surface area (Å²) < 4.78 is 16.4. The minimum absolute atomic E-state index is 0.129. The summed E-state index contributed by atoms with van der Waals surface area (Å²) in [5.74, 6) is 1.27. The average molecular weight is 809 g/mol. The number of aromatic nitrogens is 2. The molecule has 2 heterocycles. The summed E-state index contributed by atoms with van der Waals surface area (Å²) in [4.78, 5) is 0. The van der Waals surface area contributed by atoms with Crippen molar-refractivity contribution in [2.75, 3.05) is 0 Å². The van der Waals surface area contributed by atoms with Crippen molar-refractivity contribution < 1.29 is 28.7 Å². The van der Waals surface area contributed by atoms with E-state index in [1.54, 1.807) is 9.13 Å². The Bertz CT molecular complexity index is 2210. The quantitative estimate of drug-likeness (QED) is 0.0703. The Morgan fingerprint density at radius 3 is 1.45 bits per heavy atom. The van der Waals surface area contributed by atoms with Crippen molar-refractivity contribution in [1.29, 1.82) is 0 Å². The number of unbranched alkanes of at least 4 members (excludes halogenated alkanes) is 1. The summed E-state index contributed by atoms with van der Waals surface area (Å²) in [6.45, 7) is 17.9. The maximum absolute atomic E-state index is 11.6. The first kappa shape index (κ1) is 39.1. The maximum atomic E-state index is 11.6. The summed E-state index contributed by atoms with van der Waals surface area (Å²) in [5, 5.41) is 45.7. The monoisotopic (exact) mass is 808 g/mol. The van der Waals surface area contributed by atoms with E-state index in [2.05, 4.69) is 64.9 Å². The fourth-order valence-corrected chi connectivity index (χ4v) is 23.8. The highest BCUT2D eigenvalue weighted by Gasteiger charge is 2.46. The number of hydrogen-bond acceptors (Lipinski definition) is 6. The van der Waals surface area contributed by atoms with Crippen molar-refractivity contribution in [1.82, 2.24) is 9.13 Å². The van der Waals surface area contributed by atoms with E-state index in [1.807, 2.05) is 48.5 Å². The normalized spacial score (nSPS) is 21.1. The molecule has 4 aliphatic rings. The number of aromatic hydroxyl groups is 4. The molecule has 11 heteroatoms. The third kappa shape index (κ3) is 7.08.